The maximum Gasteiger partial charge on any atom is 0.198 e. The number of rotatable bonds is 0. The molecular weight excluding hydrogens is 1140 g/mol. The Morgan fingerprint density at radius 1 is 0.200 bits per heavy atom. The lowest BCUT2D eigenvalue weighted by atomic mass is 9.82. The molecule has 6 aromatic rings. The average Bonchev–Trinajstić information content (AvgIpc) is 0.826. The highest BCUT2D eigenvalue weighted by Gasteiger charge is 2.36. The van der Waals surface area contributed by atoms with Gasteiger partial charge in [-0.25, -0.2) is 0 Å². The molecule has 18 heteroatoms. The molecule has 6 aromatic carbocycles. The molecule has 6 bridgehead atoms. The van der Waals surface area contributed by atoms with Crippen LogP contribution in [0.25, 0.3) is 0 Å². The molecule has 0 spiro atoms. The molecule has 0 fully saturated rings. The molecule has 1 heterocycles. The molecule has 0 aromatic heterocycles. The van der Waals surface area contributed by atoms with Crippen LogP contribution < -0.4 is 31.9 Å². The van der Waals surface area contributed by atoms with Gasteiger partial charge in [0, 0.05) is 186 Å². The fourth-order valence-electron chi connectivity index (χ4n) is 11.8. The van der Waals surface area contributed by atoms with E-state index in [1.54, 1.807) is 72.8 Å². The van der Waals surface area contributed by atoms with Gasteiger partial charge < -0.3 is 60.3 Å². The smallest absolute Gasteiger partial charge is 0.198 e. The van der Waals surface area contributed by atoms with E-state index in [2.05, 4.69) is 31.9 Å². The van der Waals surface area contributed by atoms with Crippen molar-refractivity contribution in [3.63, 3.8) is 0 Å². The van der Waals surface area contributed by atoms with Gasteiger partial charge in [-0.2, -0.15) is 0 Å². The highest BCUT2D eigenvalue weighted by molar-refractivity contribution is 6.34. The van der Waals surface area contributed by atoms with Gasteiger partial charge in [-0.05, 0) is 113 Å². The van der Waals surface area contributed by atoms with Gasteiger partial charge in [0.15, 0.2) is 34.7 Å². The first-order valence-corrected chi connectivity index (χ1v) is 32.3. The van der Waals surface area contributed by atoms with Gasteiger partial charge in [0.25, 0.3) is 0 Å². The number of hydrogen-bond donors (Lipinski definition) is 6. The Bertz CT molecular complexity index is 2920. The zero-order valence-electron chi connectivity index (χ0n) is 51.5. The number of ether oxygens (including phenoxy) is 6. The van der Waals surface area contributed by atoms with Crippen molar-refractivity contribution >= 4 is 68.8 Å². The van der Waals surface area contributed by atoms with Crippen LogP contribution in [0.5, 0.6) is 0 Å². The van der Waals surface area contributed by atoms with Crippen molar-refractivity contribution in [3.05, 3.63) is 176 Å². The molecule has 3 aliphatic carbocycles. The van der Waals surface area contributed by atoms with Crippen molar-refractivity contribution in [1.29, 1.82) is 0 Å². The van der Waals surface area contributed by atoms with Crippen molar-refractivity contribution in [1.82, 2.24) is 0 Å². The second-order valence-corrected chi connectivity index (χ2v) is 22.8. The predicted molar refractivity (Wildman–Crippen MR) is 351 cm³/mol. The zero-order valence-corrected chi connectivity index (χ0v) is 51.5. The van der Waals surface area contributed by atoms with Crippen molar-refractivity contribution in [3.8, 4) is 0 Å². The molecular formula is C72H84N6O12. The number of benzene rings is 6. The molecule has 1 aliphatic heterocycles. The van der Waals surface area contributed by atoms with Gasteiger partial charge in [0.2, 0.25) is 0 Å². The first kappa shape index (κ1) is 64.9. The number of nitrogens with one attached hydrogen (secondary N) is 6. The van der Waals surface area contributed by atoms with E-state index in [4.69, 9.17) is 28.4 Å². The summed E-state index contributed by atoms with van der Waals surface area (Å²) in [5.74, 6) is -1.11. The maximum absolute atomic E-state index is 14.2. The number of ketones is 6. The van der Waals surface area contributed by atoms with Crippen LogP contribution in [0.15, 0.2) is 109 Å². The van der Waals surface area contributed by atoms with Crippen molar-refractivity contribution in [2.45, 2.75) is 77.0 Å². The van der Waals surface area contributed by atoms with Gasteiger partial charge >= 0.3 is 0 Å². The highest BCUT2D eigenvalue weighted by atomic mass is 16.5. The maximum atomic E-state index is 14.2. The van der Waals surface area contributed by atoms with Crippen LogP contribution in [-0.4, -0.2) is 153 Å². The second kappa shape index (κ2) is 33.6. The van der Waals surface area contributed by atoms with Crippen LogP contribution in [0.3, 0.4) is 0 Å². The molecule has 0 amide bonds. The minimum Gasteiger partial charge on any atom is -0.384 e. The molecule has 0 unspecified atom stereocenters. The number of carbonyl (C=O) groups excluding carboxylic acids is 6. The van der Waals surface area contributed by atoms with Crippen molar-refractivity contribution in [2.24, 2.45) is 0 Å². The summed E-state index contributed by atoms with van der Waals surface area (Å²) >= 11 is 0. The molecule has 0 saturated heterocycles. The fourth-order valence-corrected chi connectivity index (χ4v) is 11.8. The normalized spacial score (nSPS) is 18.4. The van der Waals surface area contributed by atoms with E-state index < -0.39 is 0 Å². The Labute approximate surface area is 527 Å². The van der Waals surface area contributed by atoms with E-state index in [-0.39, 0.29) is 34.7 Å². The van der Waals surface area contributed by atoms with Gasteiger partial charge in [-0.15, -0.1) is 0 Å². The van der Waals surface area contributed by atoms with Gasteiger partial charge in [0.05, 0.1) is 33.4 Å². The van der Waals surface area contributed by atoms with E-state index in [0.29, 0.717) is 258 Å². The summed E-state index contributed by atoms with van der Waals surface area (Å²) in [5, 5.41) is 20.4. The van der Waals surface area contributed by atoms with E-state index in [1.165, 1.54) is 0 Å². The largest absolute Gasteiger partial charge is 0.384 e. The summed E-state index contributed by atoms with van der Waals surface area (Å²) in [6, 6.07) is 32.2. The molecule has 0 saturated carbocycles. The molecule has 10 rings (SSSR count). The molecule has 474 valence electrons. The number of carbonyl (C=O) groups is 6. The third-order valence-electron chi connectivity index (χ3n) is 16.4. The quantitative estimate of drug-likeness (QED) is 0.0829. The van der Waals surface area contributed by atoms with E-state index in [9.17, 15) is 28.8 Å². The molecule has 0 radical (unpaired) electrons. The SMILES string of the molecule is O=C1c2cccc3c2C(=O)c2c(cccc21)NCCCOCCCCOCCCNc1cccc2c1C(=O)c1c(cccc1C2=O)NCCCOCCCCOCCCNc1cccc2c1C(=O)c1c(cccc1C2=O)NCCCOCCCCOCCCN3. The van der Waals surface area contributed by atoms with Crippen LogP contribution in [-0.2, 0) is 28.4 Å². The third kappa shape index (κ3) is 16.3. The second-order valence-electron chi connectivity index (χ2n) is 22.8. The van der Waals surface area contributed by atoms with E-state index in [1.807, 2.05) is 36.4 Å². The summed E-state index contributed by atoms with van der Waals surface area (Å²) in [6.07, 6.45) is 9.30. The summed E-state index contributed by atoms with van der Waals surface area (Å²) in [4.78, 5) is 84.1. The lowest BCUT2D eigenvalue weighted by molar-refractivity contribution is 0.0980. The average molecular weight is 1230 g/mol. The Balaban J connectivity index is 0.698. The van der Waals surface area contributed by atoms with E-state index in [0.717, 1.165) is 38.5 Å². The predicted octanol–water partition coefficient (Wildman–Crippen LogP) is 11.7. The van der Waals surface area contributed by atoms with Gasteiger partial charge in [0.1, 0.15) is 0 Å². The lowest BCUT2D eigenvalue weighted by Gasteiger charge is -2.23. The fraction of sp³-hybridized carbons (Fsp3) is 0.417. The van der Waals surface area contributed by atoms with Crippen molar-refractivity contribution < 1.29 is 57.2 Å². The first-order chi connectivity index (χ1) is 44.3. The van der Waals surface area contributed by atoms with Crippen LogP contribution >= 0.6 is 0 Å². The number of anilines is 6. The standard InChI is InChI=1S/C72H84N6O12/c79-67-49-19-7-25-55-61(49)70(82)63-51(67)21-9-27-57(63)75-33-15-45-87-39-3-4-41-89-47-17-35-77-59-29-11-23-53-65(59)72(84)66-54(69(53)81)24-12-30-60(66)78-36-18-48-90-42-6-5-40-88-46-16-34-76-58-28-10-22-52-64(58)71(83)62-50(68(52)80)20-8-26-56(62)74-32-14-44-86-38-2-1-37-85-43-13-31-73-55/h7-12,19-30,73-78H,1-6,13-18,31-48H2. The summed E-state index contributed by atoms with van der Waals surface area (Å²) in [7, 11) is 0. The Hall–Kier alpha value is -8.10. The molecule has 18 nitrogen and oxygen atoms in total. The van der Waals surface area contributed by atoms with Crippen LogP contribution in [0.4, 0.5) is 34.1 Å². The van der Waals surface area contributed by atoms with Crippen LogP contribution in [0.2, 0.25) is 0 Å². The molecule has 4 aliphatic rings. The third-order valence-corrected chi connectivity index (χ3v) is 16.4. The number of hydrogen-bond acceptors (Lipinski definition) is 18. The first-order valence-electron chi connectivity index (χ1n) is 32.3. The minimum absolute atomic E-state index is 0.178. The Morgan fingerprint density at radius 3 is 0.522 bits per heavy atom. The molecule has 90 heavy (non-hydrogen) atoms. The molecule has 0 atom stereocenters. The van der Waals surface area contributed by atoms with Crippen molar-refractivity contribution in [2.75, 3.05) is 150 Å². The Morgan fingerprint density at radius 2 is 0.356 bits per heavy atom. The topological polar surface area (TPSA) is 230 Å². The Kier molecular flexibility index (Phi) is 24.2. The summed E-state index contributed by atoms with van der Waals surface area (Å²) < 4.78 is 35.6. The van der Waals surface area contributed by atoms with Gasteiger partial charge in [-0.3, -0.25) is 28.8 Å². The summed E-state index contributed by atoms with van der Waals surface area (Å²) in [6.45, 7) is 10.1. The van der Waals surface area contributed by atoms with E-state index >= 15 is 0 Å². The lowest BCUT2D eigenvalue weighted by Crippen LogP contribution is -2.24. The van der Waals surface area contributed by atoms with Crippen LogP contribution in [0, 0.1) is 0 Å². The zero-order chi connectivity index (χ0) is 62.3. The van der Waals surface area contributed by atoms with Gasteiger partial charge in [-0.1, -0.05) is 72.8 Å². The highest BCUT2D eigenvalue weighted by Crippen LogP contribution is 2.39. The molecule has 6 N–H and O–H groups in total. The summed E-state index contributed by atoms with van der Waals surface area (Å²) in [5.41, 5.74) is 8.40. The van der Waals surface area contributed by atoms with Crippen LogP contribution in [0.1, 0.15) is 173 Å². The minimum atomic E-state index is -0.193. The monoisotopic (exact) mass is 1220 g/mol.